The van der Waals surface area contributed by atoms with Gasteiger partial charge in [0.15, 0.2) is 0 Å². The average Bonchev–Trinajstić information content (AvgIpc) is 2.12. The van der Waals surface area contributed by atoms with Gasteiger partial charge in [0.05, 0.1) is 5.88 Å². The Balaban J connectivity index is 2.36. The molecule has 3 nitrogen and oxygen atoms in total. The summed E-state index contributed by atoms with van der Waals surface area (Å²) in [6.07, 6.45) is 1.65. The van der Waals surface area contributed by atoms with Gasteiger partial charge in [0.2, 0.25) is 0 Å². The normalized spacial score (nSPS) is 17.5. The lowest BCUT2D eigenvalue weighted by molar-refractivity contribution is 0.334. The van der Waals surface area contributed by atoms with Crippen LogP contribution in [0.15, 0.2) is 11.6 Å². The highest BCUT2D eigenvalue weighted by Crippen LogP contribution is 2.14. The average molecular weight is 131 g/mol. The third-order valence-corrected chi connectivity index (χ3v) is 1.63. The first kappa shape index (κ1) is 6.00. The quantitative estimate of drug-likeness (QED) is 0.468. The van der Waals surface area contributed by atoms with Gasteiger partial charge in [-0.1, -0.05) is 0 Å². The van der Waals surface area contributed by atoms with E-state index >= 15 is 0 Å². The van der Waals surface area contributed by atoms with Gasteiger partial charge in [0, 0.05) is 0 Å². The molecule has 1 heterocycles. The number of nitrogens with zero attached hydrogens (tertiary/aromatic N) is 1. The van der Waals surface area contributed by atoms with Crippen molar-refractivity contribution in [2.45, 2.75) is 0 Å². The van der Waals surface area contributed by atoms with E-state index in [2.05, 4.69) is 0 Å². The van der Waals surface area contributed by atoms with Crippen LogP contribution in [-0.2, 0) is 0 Å². The lowest BCUT2D eigenvalue weighted by Gasteiger charge is -2.10. The molecule has 0 bridgehead atoms. The van der Waals surface area contributed by atoms with Crippen LogP contribution in [0.2, 0.25) is 0 Å². The van der Waals surface area contributed by atoms with Crippen molar-refractivity contribution < 1.29 is 10.0 Å². The summed E-state index contributed by atoms with van der Waals surface area (Å²) in [5.41, 5.74) is 0. The van der Waals surface area contributed by atoms with Crippen LogP contribution in [-0.4, -0.2) is 28.0 Å². The van der Waals surface area contributed by atoms with E-state index < -0.39 is 7.25 Å². The van der Waals surface area contributed by atoms with E-state index in [1.165, 1.54) is 16.6 Å². The Hall–Kier alpha value is -0.125. The van der Waals surface area contributed by atoms with Gasteiger partial charge in [0.25, 0.3) is 0 Å². The van der Waals surface area contributed by atoms with Crippen LogP contribution in [0.1, 0.15) is 0 Å². The van der Waals surface area contributed by atoms with Crippen LogP contribution in [0.3, 0.4) is 0 Å². The van der Waals surface area contributed by atoms with Gasteiger partial charge in [-0.25, -0.2) is 0 Å². The SMILES string of the molecule is OB(O)N1C=CSC1. The molecule has 1 rings (SSSR count). The summed E-state index contributed by atoms with van der Waals surface area (Å²) in [7, 11) is -1.33. The fourth-order valence-corrected chi connectivity index (χ4v) is 1.16. The number of hydrogen-bond donors (Lipinski definition) is 2. The maximum Gasteiger partial charge on any atom is 0.587 e. The molecule has 0 saturated heterocycles. The fraction of sp³-hybridized carbons (Fsp3) is 0.333. The molecule has 1 aliphatic heterocycles. The van der Waals surface area contributed by atoms with Gasteiger partial charge >= 0.3 is 7.25 Å². The molecule has 0 aromatic carbocycles. The van der Waals surface area contributed by atoms with Crippen molar-refractivity contribution in [3.05, 3.63) is 11.6 Å². The molecule has 8 heavy (non-hydrogen) atoms. The molecular formula is C3H6BNO2S. The van der Waals surface area contributed by atoms with Gasteiger partial charge in [-0.3, -0.25) is 0 Å². The van der Waals surface area contributed by atoms with Gasteiger partial charge in [-0.15, -0.1) is 11.8 Å². The van der Waals surface area contributed by atoms with Crippen molar-refractivity contribution >= 4 is 19.0 Å². The minimum atomic E-state index is -1.33. The first-order valence-electron chi connectivity index (χ1n) is 2.21. The molecule has 0 atom stereocenters. The van der Waals surface area contributed by atoms with Gasteiger partial charge in [0.1, 0.15) is 0 Å². The Bertz CT molecular complexity index is 107. The summed E-state index contributed by atoms with van der Waals surface area (Å²) in [6, 6.07) is 0. The van der Waals surface area contributed by atoms with E-state index in [9.17, 15) is 0 Å². The minimum Gasteiger partial charge on any atom is -0.408 e. The Morgan fingerprint density at radius 2 is 2.38 bits per heavy atom. The summed E-state index contributed by atoms with van der Waals surface area (Å²) < 4.78 is 0. The highest BCUT2D eigenvalue weighted by Gasteiger charge is 2.18. The van der Waals surface area contributed by atoms with Crippen LogP contribution in [0.5, 0.6) is 0 Å². The number of rotatable bonds is 1. The van der Waals surface area contributed by atoms with E-state index in [-0.39, 0.29) is 0 Å². The maximum atomic E-state index is 8.47. The molecule has 0 fully saturated rings. The third kappa shape index (κ3) is 1.18. The second kappa shape index (κ2) is 2.43. The van der Waals surface area contributed by atoms with Crippen molar-refractivity contribution in [1.29, 1.82) is 0 Å². The Morgan fingerprint density at radius 1 is 1.62 bits per heavy atom. The van der Waals surface area contributed by atoms with Gasteiger partial charge < -0.3 is 14.9 Å². The molecule has 44 valence electrons. The summed E-state index contributed by atoms with van der Waals surface area (Å²) in [4.78, 5) is 1.42. The monoisotopic (exact) mass is 131 g/mol. The molecule has 0 radical (unpaired) electrons. The highest BCUT2D eigenvalue weighted by atomic mass is 32.2. The minimum absolute atomic E-state index is 0.637. The molecule has 0 spiro atoms. The highest BCUT2D eigenvalue weighted by molar-refractivity contribution is 8.02. The smallest absolute Gasteiger partial charge is 0.408 e. The van der Waals surface area contributed by atoms with Crippen LogP contribution in [0.25, 0.3) is 0 Å². The fourth-order valence-electron chi connectivity index (χ4n) is 0.437. The lowest BCUT2D eigenvalue weighted by Crippen LogP contribution is -2.32. The largest absolute Gasteiger partial charge is 0.587 e. The van der Waals surface area contributed by atoms with E-state index in [1.807, 2.05) is 5.41 Å². The molecule has 0 saturated carbocycles. The van der Waals surface area contributed by atoms with Crippen LogP contribution in [0.4, 0.5) is 0 Å². The second-order valence-electron chi connectivity index (χ2n) is 1.44. The third-order valence-electron chi connectivity index (χ3n) is 0.869. The molecule has 5 heteroatoms. The van der Waals surface area contributed by atoms with E-state index in [4.69, 9.17) is 10.0 Å². The summed E-state index contributed by atoms with van der Waals surface area (Å²) in [5.74, 6) is 0.637. The molecule has 2 N–H and O–H groups in total. The van der Waals surface area contributed by atoms with Crippen LogP contribution >= 0.6 is 11.8 Å². The van der Waals surface area contributed by atoms with Crippen molar-refractivity contribution in [2.24, 2.45) is 0 Å². The molecular weight excluding hydrogens is 125 g/mol. The molecule has 0 aromatic rings. The Labute approximate surface area is 52.2 Å². The summed E-state index contributed by atoms with van der Waals surface area (Å²) >= 11 is 1.54. The first-order chi connectivity index (χ1) is 3.80. The number of hydrogen-bond acceptors (Lipinski definition) is 4. The molecule has 0 aliphatic carbocycles. The number of thioether (sulfide) groups is 1. The second-order valence-corrected chi connectivity index (χ2v) is 2.31. The zero-order valence-corrected chi connectivity index (χ0v) is 5.01. The Morgan fingerprint density at radius 3 is 2.62 bits per heavy atom. The summed E-state index contributed by atoms with van der Waals surface area (Å²) in [6.45, 7) is 0. The van der Waals surface area contributed by atoms with Crippen LogP contribution < -0.4 is 0 Å². The molecule has 0 aromatic heterocycles. The van der Waals surface area contributed by atoms with Crippen LogP contribution in [0, 0.1) is 0 Å². The zero-order valence-electron chi connectivity index (χ0n) is 4.19. The van der Waals surface area contributed by atoms with Crippen molar-refractivity contribution in [1.82, 2.24) is 4.81 Å². The molecule has 0 unspecified atom stereocenters. The van der Waals surface area contributed by atoms with E-state index in [0.717, 1.165) is 0 Å². The predicted molar refractivity (Wildman–Crippen MR) is 33.6 cm³/mol. The zero-order chi connectivity index (χ0) is 5.98. The van der Waals surface area contributed by atoms with Gasteiger partial charge in [-0.05, 0) is 11.6 Å². The van der Waals surface area contributed by atoms with Crippen molar-refractivity contribution in [3.8, 4) is 0 Å². The van der Waals surface area contributed by atoms with Crippen molar-refractivity contribution in [3.63, 3.8) is 0 Å². The Kier molecular flexibility index (Phi) is 1.83. The molecule has 1 aliphatic rings. The topological polar surface area (TPSA) is 43.7 Å². The predicted octanol–water partition coefficient (Wildman–Crippen LogP) is -0.567. The molecule has 0 amide bonds. The standard InChI is InChI=1S/C3H6BNO2S/c6-4(7)5-1-2-8-3-5/h1-2,6-7H,3H2. The van der Waals surface area contributed by atoms with Crippen molar-refractivity contribution in [2.75, 3.05) is 5.88 Å². The first-order valence-corrected chi connectivity index (χ1v) is 3.26. The summed E-state index contributed by atoms with van der Waals surface area (Å²) in [5, 5.41) is 18.8. The lowest BCUT2D eigenvalue weighted by atomic mass is 10.1. The maximum absolute atomic E-state index is 8.47. The van der Waals surface area contributed by atoms with E-state index in [1.54, 1.807) is 6.20 Å². The van der Waals surface area contributed by atoms with E-state index in [0.29, 0.717) is 5.88 Å². The van der Waals surface area contributed by atoms with Gasteiger partial charge in [-0.2, -0.15) is 0 Å².